The molecule has 8 nitrogen and oxygen atoms in total. The Kier molecular flexibility index (Phi) is 5.08. The molecule has 132 valence electrons. The van der Waals surface area contributed by atoms with Crippen LogP contribution in [0.1, 0.15) is 30.3 Å². The summed E-state index contributed by atoms with van der Waals surface area (Å²) in [6.45, 7) is 3.83. The Morgan fingerprint density at radius 3 is 3.04 bits per heavy atom. The van der Waals surface area contributed by atoms with Crippen molar-refractivity contribution in [3.8, 4) is 5.69 Å². The second-order valence-corrected chi connectivity index (χ2v) is 5.89. The number of hydrogen-bond acceptors (Lipinski definition) is 5. The van der Waals surface area contributed by atoms with E-state index in [0.29, 0.717) is 31.1 Å². The Labute approximate surface area is 145 Å². The highest BCUT2D eigenvalue weighted by Crippen LogP contribution is 2.18. The average Bonchev–Trinajstić information content (AvgIpc) is 3.12. The number of benzene rings is 1. The van der Waals surface area contributed by atoms with Crippen molar-refractivity contribution in [3.63, 3.8) is 0 Å². The molecular formula is C17H20N4O4. The second kappa shape index (κ2) is 7.43. The third-order valence-electron chi connectivity index (χ3n) is 4.18. The van der Waals surface area contributed by atoms with Crippen LogP contribution in [0.2, 0.25) is 0 Å². The normalized spacial score (nSPS) is 17.5. The monoisotopic (exact) mass is 344 g/mol. The Balaban J connectivity index is 1.75. The van der Waals surface area contributed by atoms with Crippen molar-refractivity contribution < 1.29 is 14.5 Å². The molecule has 1 aromatic carbocycles. The van der Waals surface area contributed by atoms with Crippen LogP contribution in [-0.2, 0) is 4.74 Å². The van der Waals surface area contributed by atoms with Gasteiger partial charge in [-0.2, -0.15) is 5.10 Å². The summed E-state index contributed by atoms with van der Waals surface area (Å²) >= 11 is 0. The highest BCUT2D eigenvalue weighted by atomic mass is 16.6. The molecule has 0 aliphatic carbocycles. The molecule has 2 heterocycles. The smallest absolute Gasteiger partial charge is 0.274 e. The molecule has 1 aromatic heterocycles. The molecule has 1 unspecified atom stereocenters. The third kappa shape index (κ3) is 3.85. The van der Waals surface area contributed by atoms with Crippen LogP contribution in [0.5, 0.6) is 0 Å². The molecule has 1 aliphatic heterocycles. The van der Waals surface area contributed by atoms with Gasteiger partial charge in [-0.1, -0.05) is 6.07 Å². The van der Waals surface area contributed by atoms with Gasteiger partial charge in [0, 0.05) is 38.0 Å². The first-order chi connectivity index (χ1) is 12.1. The minimum absolute atomic E-state index is 0.0172. The lowest BCUT2D eigenvalue weighted by Crippen LogP contribution is -2.43. The zero-order valence-corrected chi connectivity index (χ0v) is 14.0. The van der Waals surface area contributed by atoms with Gasteiger partial charge in [-0.05, 0) is 31.9 Å². The number of rotatable bonds is 5. The van der Waals surface area contributed by atoms with Crippen LogP contribution < -0.4 is 0 Å². The molecule has 25 heavy (non-hydrogen) atoms. The SMILES string of the molecule is CCOC1CCCN(C(=O)c2ccn(-c3cccc([N+](=O)[O-])c3)n2)C1. The fourth-order valence-corrected chi connectivity index (χ4v) is 2.99. The van der Waals surface area contributed by atoms with Gasteiger partial charge in [-0.3, -0.25) is 14.9 Å². The predicted octanol–water partition coefficient (Wildman–Crippen LogP) is 2.42. The molecule has 1 fully saturated rings. The maximum Gasteiger partial charge on any atom is 0.274 e. The molecule has 0 spiro atoms. The number of aromatic nitrogens is 2. The van der Waals surface area contributed by atoms with Gasteiger partial charge in [-0.15, -0.1) is 0 Å². The molecule has 3 rings (SSSR count). The highest BCUT2D eigenvalue weighted by Gasteiger charge is 2.26. The fraction of sp³-hybridized carbons (Fsp3) is 0.412. The number of carbonyl (C=O) groups excluding carboxylic acids is 1. The molecule has 8 heteroatoms. The van der Waals surface area contributed by atoms with Gasteiger partial charge in [0.15, 0.2) is 5.69 Å². The lowest BCUT2D eigenvalue weighted by Gasteiger charge is -2.32. The fourth-order valence-electron chi connectivity index (χ4n) is 2.99. The van der Waals surface area contributed by atoms with E-state index in [-0.39, 0.29) is 17.7 Å². The summed E-state index contributed by atoms with van der Waals surface area (Å²) < 4.78 is 7.10. The summed E-state index contributed by atoms with van der Waals surface area (Å²) in [6.07, 6.45) is 3.57. The van der Waals surface area contributed by atoms with Gasteiger partial charge < -0.3 is 9.64 Å². The van der Waals surface area contributed by atoms with E-state index >= 15 is 0 Å². The lowest BCUT2D eigenvalue weighted by molar-refractivity contribution is -0.384. The molecule has 1 aliphatic rings. The number of amides is 1. The lowest BCUT2D eigenvalue weighted by atomic mass is 10.1. The Bertz CT molecular complexity index is 772. The number of carbonyl (C=O) groups is 1. The van der Waals surface area contributed by atoms with Crippen LogP contribution >= 0.6 is 0 Å². The van der Waals surface area contributed by atoms with Crippen LogP contribution in [0.4, 0.5) is 5.69 Å². The molecule has 1 saturated heterocycles. The van der Waals surface area contributed by atoms with Gasteiger partial charge in [0.2, 0.25) is 0 Å². The minimum Gasteiger partial charge on any atom is -0.377 e. The van der Waals surface area contributed by atoms with Crippen LogP contribution in [0.3, 0.4) is 0 Å². The summed E-state index contributed by atoms with van der Waals surface area (Å²) in [5.74, 6) is -0.145. The number of hydrogen-bond donors (Lipinski definition) is 0. The average molecular weight is 344 g/mol. The zero-order valence-electron chi connectivity index (χ0n) is 14.0. The van der Waals surface area contributed by atoms with Crippen molar-refractivity contribution in [2.24, 2.45) is 0 Å². The molecule has 1 amide bonds. The molecule has 0 bridgehead atoms. The van der Waals surface area contributed by atoms with E-state index in [2.05, 4.69) is 5.10 Å². The van der Waals surface area contributed by atoms with Crippen LogP contribution in [0.25, 0.3) is 5.69 Å². The molecule has 0 N–H and O–H groups in total. The second-order valence-electron chi connectivity index (χ2n) is 5.89. The molecule has 1 atom stereocenters. The summed E-state index contributed by atoms with van der Waals surface area (Å²) in [7, 11) is 0. The standard InChI is InChI=1S/C17H20N4O4/c1-2-25-15-7-4-9-19(12-15)17(22)16-8-10-20(18-16)13-5-3-6-14(11-13)21(23)24/h3,5-6,8,10-11,15H,2,4,7,9,12H2,1H3. The number of nitrogens with zero attached hydrogens (tertiary/aromatic N) is 4. The summed E-state index contributed by atoms with van der Waals surface area (Å²) in [5.41, 5.74) is 0.846. The summed E-state index contributed by atoms with van der Waals surface area (Å²) in [4.78, 5) is 24.8. The van der Waals surface area contributed by atoms with Crippen LogP contribution in [-0.4, -0.2) is 51.3 Å². The van der Waals surface area contributed by atoms with Crippen molar-refractivity contribution in [1.82, 2.24) is 14.7 Å². The Hall–Kier alpha value is -2.74. The van der Waals surface area contributed by atoms with E-state index in [0.717, 1.165) is 12.8 Å². The van der Waals surface area contributed by atoms with E-state index in [1.807, 2.05) is 6.92 Å². The molecule has 2 aromatic rings. The topological polar surface area (TPSA) is 90.5 Å². The Morgan fingerprint density at radius 2 is 2.28 bits per heavy atom. The van der Waals surface area contributed by atoms with Crippen molar-refractivity contribution in [1.29, 1.82) is 0 Å². The number of non-ortho nitro benzene ring substituents is 1. The minimum atomic E-state index is -0.458. The molecular weight excluding hydrogens is 324 g/mol. The number of likely N-dealkylation sites (tertiary alicyclic amines) is 1. The number of nitro benzene ring substituents is 1. The highest BCUT2D eigenvalue weighted by molar-refractivity contribution is 5.92. The van der Waals surface area contributed by atoms with Crippen LogP contribution in [0.15, 0.2) is 36.5 Å². The van der Waals surface area contributed by atoms with Gasteiger partial charge in [0.05, 0.1) is 16.7 Å². The predicted molar refractivity (Wildman–Crippen MR) is 90.8 cm³/mol. The van der Waals surface area contributed by atoms with Crippen molar-refractivity contribution >= 4 is 11.6 Å². The largest absolute Gasteiger partial charge is 0.377 e. The summed E-state index contributed by atoms with van der Waals surface area (Å²) in [5, 5.41) is 15.2. The van der Waals surface area contributed by atoms with Crippen molar-refractivity contribution in [3.05, 3.63) is 52.3 Å². The van der Waals surface area contributed by atoms with Gasteiger partial charge in [0.1, 0.15) is 0 Å². The van der Waals surface area contributed by atoms with Crippen LogP contribution in [0, 0.1) is 10.1 Å². The number of piperidine rings is 1. The zero-order chi connectivity index (χ0) is 17.8. The molecule has 0 radical (unpaired) electrons. The first-order valence-corrected chi connectivity index (χ1v) is 8.30. The first kappa shape index (κ1) is 17.1. The van der Waals surface area contributed by atoms with Gasteiger partial charge in [0.25, 0.3) is 11.6 Å². The maximum atomic E-state index is 12.7. The quantitative estimate of drug-likeness (QED) is 0.614. The van der Waals surface area contributed by atoms with Crippen molar-refractivity contribution in [2.75, 3.05) is 19.7 Å². The van der Waals surface area contributed by atoms with E-state index < -0.39 is 4.92 Å². The first-order valence-electron chi connectivity index (χ1n) is 8.30. The van der Waals surface area contributed by atoms with E-state index in [4.69, 9.17) is 4.74 Å². The van der Waals surface area contributed by atoms with E-state index in [9.17, 15) is 14.9 Å². The van der Waals surface area contributed by atoms with Crippen molar-refractivity contribution in [2.45, 2.75) is 25.9 Å². The Morgan fingerprint density at radius 1 is 1.44 bits per heavy atom. The third-order valence-corrected chi connectivity index (χ3v) is 4.18. The summed E-state index contributed by atoms with van der Waals surface area (Å²) in [6, 6.07) is 7.77. The number of ether oxygens (including phenoxy) is 1. The van der Waals surface area contributed by atoms with Gasteiger partial charge >= 0.3 is 0 Å². The number of nitro groups is 1. The van der Waals surface area contributed by atoms with E-state index in [1.165, 1.54) is 16.8 Å². The van der Waals surface area contributed by atoms with E-state index in [1.54, 1.807) is 29.3 Å². The maximum absolute atomic E-state index is 12.7. The van der Waals surface area contributed by atoms with Gasteiger partial charge in [-0.25, -0.2) is 4.68 Å². The molecule has 0 saturated carbocycles.